The van der Waals surface area contributed by atoms with E-state index >= 15 is 0 Å². The average Bonchev–Trinajstić information content (AvgIpc) is 2.71. The van der Waals surface area contributed by atoms with Gasteiger partial charge in [0.25, 0.3) is 0 Å². The van der Waals surface area contributed by atoms with Crippen LogP contribution in [0.15, 0.2) is 28.4 Å². The summed E-state index contributed by atoms with van der Waals surface area (Å²) >= 11 is 0. The van der Waals surface area contributed by atoms with Crippen LogP contribution in [0.3, 0.4) is 0 Å². The average molecular weight is 232 g/mol. The fourth-order valence-corrected chi connectivity index (χ4v) is 3.60. The summed E-state index contributed by atoms with van der Waals surface area (Å²) in [5, 5.41) is 10.6. The van der Waals surface area contributed by atoms with Crippen LogP contribution in [0.5, 0.6) is 0 Å². The highest BCUT2D eigenvalue weighted by atomic mass is 16.3. The van der Waals surface area contributed by atoms with Gasteiger partial charge in [0, 0.05) is 17.8 Å². The lowest BCUT2D eigenvalue weighted by molar-refractivity contribution is 0.0114. The lowest BCUT2D eigenvalue weighted by atomic mass is 9.59. The molecule has 4 unspecified atom stereocenters. The summed E-state index contributed by atoms with van der Waals surface area (Å²) in [6, 6.07) is 2.01. The molecular formula is C15H20O2. The molecular weight excluding hydrogens is 212 g/mol. The first-order valence-corrected chi connectivity index (χ1v) is 6.46. The van der Waals surface area contributed by atoms with Crippen LogP contribution in [-0.4, -0.2) is 11.2 Å². The maximum Gasteiger partial charge on any atom is 0.113 e. The lowest BCUT2D eigenvalue weighted by Crippen LogP contribution is -2.44. The number of fused-ring (bicyclic) bond motifs is 2. The Morgan fingerprint density at radius 2 is 2.24 bits per heavy atom. The van der Waals surface area contributed by atoms with Crippen molar-refractivity contribution in [3.63, 3.8) is 0 Å². The van der Waals surface area contributed by atoms with Crippen molar-refractivity contribution < 1.29 is 9.52 Å². The van der Waals surface area contributed by atoms with E-state index in [0.29, 0.717) is 18.3 Å². The molecule has 0 fully saturated rings. The Bertz CT molecular complexity index is 471. The van der Waals surface area contributed by atoms with Crippen LogP contribution in [0.4, 0.5) is 0 Å². The molecule has 1 N–H and O–H groups in total. The minimum absolute atomic E-state index is 0.0779. The molecule has 92 valence electrons. The summed E-state index contributed by atoms with van der Waals surface area (Å²) in [5.74, 6) is 1.96. The number of allylic oxidation sites excluding steroid dienone is 1. The largest absolute Gasteiger partial charge is 0.468 e. The van der Waals surface area contributed by atoms with Crippen LogP contribution in [0.1, 0.15) is 44.4 Å². The van der Waals surface area contributed by atoms with Crippen molar-refractivity contribution in [2.75, 3.05) is 0 Å². The molecule has 3 aliphatic rings. The normalized spacial score (nSPS) is 40.5. The molecule has 1 aromatic heterocycles. The minimum atomic E-state index is -0.314. The van der Waals surface area contributed by atoms with Crippen molar-refractivity contribution in [2.24, 2.45) is 11.3 Å². The van der Waals surface area contributed by atoms with E-state index in [9.17, 15) is 5.11 Å². The Morgan fingerprint density at radius 1 is 1.47 bits per heavy atom. The van der Waals surface area contributed by atoms with Crippen molar-refractivity contribution in [3.8, 4) is 0 Å². The van der Waals surface area contributed by atoms with E-state index in [0.717, 1.165) is 12.2 Å². The predicted molar refractivity (Wildman–Crippen MR) is 66.8 cm³/mol. The molecule has 0 amide bonds. The molecule has 3 aliphatic carbocycles. The van der Waals surface area contributed by atoms with Crippen LogP contribution in [-0.2, 0) is 6.42 Å². The second kappa shape index (κ2) is 3.49. The zero-order chi connectivity index (χ0) is 12.2. The summed E-state index contributed by atoms with van der Waals surface area (Å²) in [7, 11) is 0. The predicted octanol–water partition coefficient (Wildman–Crippen LogP) is 3.27. The Kier molecular flexibility index (Phi) is 2.27. The van der Waals surface area contributed by atoms with Crippen molar-refractivity contribution in [2.45, 2.75) is 45.6 Å². The van der Waals surface area contributed by atoms with Gasteiger partial charge in [0.1, 0.15) is 5.76 Å². The van der Waals surface area contributed by atoms with Crippen molar-refractivity contribution >= 4 is 0 Å². The standard InChI is InChI=1S/C15H20O2/c1-9-6-12-7-10(2)15(9,3)13(16)8-11-4-5-17-14(11)12/h4-6,10,12-13,16H,7-8H2,1-3H3. The van der Waals surface area contributed by atoms with Gasteiger partial charge >= 0.3 is 0 Å². The van der Waals surface area contributed by atoms with Gasteiger partial charge < -0.3 is 9.52 Å². The number of hydrogen-bond donors (Lipinski definition) is 1. The number of aliphatic hydroxyl groups is 1. The van der Waals surface area contributed by atoms with E-state index in [1.165, 1.54) is 11.1 Å². The maximum atomic E-state index is 10.6. The van der Waals surface area contributed by atoms with Gasteiger partial charge in [-0.2, -0.15) is 0 Å². The Morgan fingerprint density at radius 3 is 2.94 bits per heavy atom. The van der Waals surface area contributed by atoms with Gasteiger partial charge in [0.05, 0.1) is 12.4 Å². The third kappa shape index (κ3) is 1.37. The van der Waals surface area contributed by atoms with Gasteiger partial charge in [-0.1, -0.05) is 25.5 Å². The van der Waals surface area contributed by atoms with Gasteiger partial charge in [-0.15, -0.1) is 0 Å². The van der Waals surface area contributed by atoms with Gasteiger partial charge in [0.15, 0.2) is 0 Å². The fourth-order valence-electron chi connectivity index (χ4n) is 3.60. The molecule has 2 bridgehead atoms. The van der Waals surface area contributed by atoms with Crippen LogP contribution in [0.25, 0.3) is 0 Å². The summed E-state index contributed by atoms with van der Waals surface area (Å²) in [4.78, 5) is 0. The molecule has 0 radical (unpaired) electrons. The van der Waals surface area contributed by atoms with Crippen molar-refractivity contribution in [1.29, 1.82) is 0 Å². The van der Waals surface area contributed by atoms with E-state index < -0.39 is 0 Å². The zero-order valence-corrected chi connectivity index (χ0v) is 10.7. The van der Waals surface area contributed by atoms with E-state index in [1.807, 2.05) is 6.07 Å². The van der Waals surface area contributed by atoms with Gasteiger partial charge in [0.2, 0.25) is 0 Å². The molecule has 0 aromatic carbocycles. The first-order chi connectivity index (χ1) is 8.03. The molecule has 1 aromatic rings. The summed E-state index contributed by atoms with van der Waals surface area (Å²) in [6.07, 6.45) is 5.53. The highest BCUT2D eigenvalue weighted by Gasteiger charge is 2.46. The third-order valence-corrected chi connectivity index (χ3v) is 5.16. The molecule has 0 saturated carbocycles. The van der Waals surface area contributed by atoms with Crippen LogP contribution in [0.2, 0.25) is 0 Å². The summed E-state index contributed by atoms with van der Waals surface area (Å²) < 4.78 is 5.64. The number of hydrogen-bond acceptors (Lipinski definition) is 2. The topological polar surface area (TPSA) is 33.4 Å². The summed E-state index contributed by atoms with van der Waals surface area (Å²) in [6.45, 7) is 6.61. The highest BCUT2D eigenvalue weighted by Crippen LogP contribution is 2.51. The SMILES string of the molecule is CC1=CC2CC(C)C1(C)C(O)Cc1ccoc12. The zero-order valence-electron chi connectivity index (χ0n) is 10.7. The van der Waals surface area contributed by atoms with E-state index in [4.69, 9.17) is 4.42 Å². The Labute approximate surface area is 102 Å². The number of aliphatic hydroxyl groups excluding tert-OH is 1. The molecule has 4 rings (SSSR count). The molecule has 2 nitrogen and oxygen atoms in total. The molecule has 0 aliphatic heterocycles. The smallest absolute Gasteiger partial charge is 0.113 e. The van der Waals surface area contributed by atoms with E-state index in [1.54, 1.807) is 6.26 Å². The Hall–Kier alpha value is -1.02. The highest BCUT2D eigenvalue weighted by molar-refractivity contribution is 5.34. The van der Waals surface area contributed by atoms with Gasteiger partial charge in [-0.05, 0) is 30.9 Å². The van der Waals surface area contributed by atoms with E-state index in [2.05, 4.69) is 26.8 Å². The summed E-state index contributed by atoms with van der Waals surface area (Å²) in [5.41, 5.74) is 2.42. The number of furan rings is 1. The quantitative estimate of drug-likeness (QED) is 0.696. The molecule has 0 saturated heterocycles. The van der Waals surface area contributed by atoms with Crippen LogP contribution >= 0.6 is 0 Å². The molecule has 1 heterocycles. The third-order valence-electron chi connectivity index (χ3n) is 5.16. The van der Waals surface area contributed by atoms with Crippen molar-refractivity contribution in [3.05, 3.63) is 35.3 Å². The fraction of sp³-hybridized carbons (Fsp3) is 0.600. The molecule has 0 spiro atoms. The van der Waals surface area contributed by atoms with Crippen LogP contribution in [0, 0.1) is 11.3 Å². The van der Waals surface area contributed by atoms with Crippen LogP contribution < -0.4 is 0 Å². The van der Waals surface area contributed by atoms with Gasteiger partial charge in [-0.25, -0.2) is 0 Å². The number of rotatable bonds is 0. The maximum absolute atomic E-state index is 10.6. The molecule has 17 heavy (non-hydrogen) atoms. The first kappa shape index (κ1) is 11.1. The Balaban J connectivity index is 2.19. The first-order valence-electron chi connectivity index (χ1n) is 6.46. The lowest BCUT2D eigenvalue weighted by Gasteiger charge is -2.47. The molecule has 2 heteroatoms. The van der Waals surface area contributed by atoms with Crippen molar-refractivity contribution in [1.82, 2.24) is 0 Å². The molecule has 4 atom stereocenters. The second-order valence-corrected chi connectivity index (χ2v) is 5.91. The monoisotopic (exact) mass is 232 g/mol. The van der Waals surface area contributed by atoms with E-state index in [-0.39, 0.29) is 11.5 Å². The minimum Gasteiger partial charge on any atom is -0.468 e. The second-order valence-electron chi connectivity index (χ2n) is 5.91. The van der Waals surface area contributed by atoms with Gasteiger partial charge in [-0.3, -0.25) is 0 Å².